The Morgan fingerprint density at radius 2 is 1.83 bits per heavy atom. The van der Waals surface area contributed by atoms with Crippen molar-refractivity contribution in [1.82, 2.24) is 4.90 Å². The van der Waals surface area contributed by atoms with E-state index in [0.29, 0.717) is 11.3 Å². The van der Waals surface area contributed by atoms with Crippen LogP contribution < -0.4 is 5.01 Å². The number of amides is 1. The number of anilines is 1. The van der Waals surface area contributed by atoms with Crippen molar-refractivity contribution >= 4 is 17.3 Å². The van der Waals surface area contributed by atoms with Gasteiger partial charge in [-0.05, 0) is 32.0 Å². The van der Waals surface area contributed by atoms with E-state index in [1.54, 1.807) is 23.9 Å². The number of hydrogen-bond acceptors (Lipinski definition) is 4. The van der Waals surface area contributed by atoms with E-state index in [-0.39, 0.29) is 5.91 Å². The molecule has 1 N–H and O–H groups in total. The fourth-order valence-electron chi connectivity index (χ4n) is 3.78. The van der Waals surface area contributed by atoms with Crippen molar-refractivity contribution in [2.75, 3.05) is 12.1 Å². The van der Waals surface area contributed by atoms with Crippen LogP contribution in [0.15, 0.2) is 53.6 Å². The zero-order valence-corrected chi connectivity index (χ0v) is 13.9. The van der Waals surface area contributed by atoms with Gasteiger partial charge in [0.2, 0.25) is 0 Å². The van der Waals surface area contributed by atoms with Crippen LogP contribution in [0, 0.1) is 6.92 Å². The summed E-state index contributed by atoms with van der Waals surface area (Å²) in [7, 11) is 1.73. The summed E-state index contributed by atoms with van der Waals surface area (Å²) in [4.78, 5) is 14.5. The quantitative estimate of drug-likeness (QED) is 0.878. The third kappa shape index (κ3) is 1.67. The lowest BCUT2D eigenvalue weighted by Crippen LogP contribution is -2.58. The molecule has 0 aliphatic carbocycles. The third-order valence-electron chi connectivity index (χ3n) is 4.98. The Balaban J connectivity index is 2.00. The van der Waals surface area contributed by atoms with Gasteiger partial charge in [-0.25, -0.2) is 5.01 Å². The van der Waals surface area contributed by atoms with E-state index in [4.69, 9.17) is 0 Å². The molecule has 0 aromatic heterocycles. The number of benzene rings is 2. The fourth-order valence-corrected chi connectivity index (χ4v) is 3.78. The van der Waals surface area contributed by atoms with Gasteiger partial charge in [0, 0.05) is 18.2 Å². The number of likely N-dealkylation sites (N-methyl/N-ethyl adjacent to an activating group) is 1. The molecule has 2 aromatic carbocycles. The van der Waals surface area contributed by atoms with Crippen LogP contribution in [-0.4, -0.2) is 34.8 Å². The van der Waals surface area contributed by atoms with E-state index in [1.165, 1.54) is 0 Å². The number of carbonyl (C=O) groups excluding carboxylic acids is 1. The van der Waals surface area contributed by atoms with Crippen molar-refractivity contribution < 1.29 is 9.90 Å². The molecule has 2 heterocycles. The second kappa shape index (κ2) is 4.92. The minimum Gasteiger partial charge on any atom is -0.382 e. The molecule has 2 aliphatic heterocycles. The minimum absolute atomic E-state index is 0.0985. The summed E-state index contributed by atoms with van der Waals surface area (Å²) in [5.74, 6) is -0.0985. The molecule has 4 rings (SSSR count). The second-order valence-corrected chi connectivity index (χ2v) is 6.43. The topological polar surface area (TPSA) is 56.1 Å². The summed E-state index contributed by atoms with van der Waals surface area (Å²) in [5.41, 5.74) is 2.82. The number of hydrogen-bond donors (Lipinski definition) is 1. The maximum Gasteiger partial charge on any atom is 0.256 e. The lowest BCUT2D eigenvalue weighted by Gasteiger charge is -2.42. The number of carbonyl (C=O) groups is 1. The van der Waals surface area contributed by atoms with Crippen LogP contribution in [0.2, 0.25) is 0 Å². The minimum atomic E-state index is -1.04. The average Bonchev–Trinajstić information content (AvgIpc) is 2.98. The highest BCUT2D eigenvalue weighted by Crippen LogP contribution is 2.48. The normalized spacial score (nSPS) is 25.4. The van der Waals surface area contributed by atoms with E-state index >= 15 is 0 Å². The van der Waals surface area contributed by atoms with E-state index < -0.39 is 11.8 Å². The Morgan fingerprint density at radius 3 is 2.54 bits per heavy atom. The summed E-state index contributed by atoms with van der Waals surface area (Å²) in [6.07, 6.45) is -0.893. The number of rotatable bonds is 1. The van der Waals surface area contributed by atoms with Crippen LogP contribution >= 0.6 is 0 Å². The molecule has 0 radical (unpaired) electrons. The van der Waals surface area contributed by atoms with Gasteiger partial charge < -0.3 is 10.0 Å². The zero-order valence-electron chi connectivity index (χ0n) is 13.9. The van der Waals surface area contributed by atoms with Gasteiger partial charge in [0.15, 0.2) is 5.66 Å². The fraction of sp³-hybridized carbons (Fsp3) is 0.263. The van der Waals surface area contributed by atoms with Crippen LogP contribution in [0.3, 0.4) is 0 Å². The molecule has 0 bridgehead atoms. The van der Waals surface area contributed by atoms with Crippen LogP contribution in [0.5, 0.6) is 0 Å². The lowest BCUT2D eigenvalue weighted by molar-refractivity contribution is 0.0295. The predicted molar refractivity (Wildman–Crippen MR) is 93.0 cm³/mol. The molecule has 0 saturated heterocycles. The van der Waals surface area contributed by atoms with Gasteiger partial charge in [0.05, 0.1) is 11.4 Å². The van der Waals surface area contributed by atoms with Gasteiger partial charge in [0.1, 0.15) is 6.10 Å². The first-order chi connectivity index (χ1) is 11.5. The first-order valence-corrected chi connectivity index (χ1v) is 7.95. The highest BCUT2D eigenvalue weighted by atomic mass is 16.3. The molecule has 5 heteroatoms. The number of aryl methyl sites for hydroxylation is 1. The first kappa shape index (κ1) is 14.9. The molecule has 1 amide bonds. The Kier molecular flexibility index (Phi) is 3.05. The number of aliphatic hydroxyl groups is 1. The second-order valence-electron chi connectivity index (χ2n) is 6.43. The van der Waals surface area contributed by atoms with E-state index in [0.717, 1.165) is 16.8 Å². The van der Waals surface area contributed by atoms with Crippen LogP contribution in [0.1, 0.15) is 28.4 Å². The van der Waals surface area contributed by atoms with Crippen LogP contribution in [0.25, 0.3) is 0 Å². The number of para-hydroxylation sites is 1. The van der Waals surface area contributed by atoms with E-state index in [9.17, 15) is 9.90 Å². The van der Waals surface area contributed by atoms with Crippen LogP contribution in [-0.2, 0) is 5.66 Å². The lowest BCUT2D eigenvalue weighted by atomic mass is 9.90. The van der Waals surface area contributed by atoms with Gasteiger partial charge in [-0.15, -0.1) is 0 Å². The van der Waals surface area contributed by atoms with Crippen molar-refractivity contribution in [2.45, 2.75) is 25.6 Å². The summed E-state index contributed by atoms with van der Waals surface area (Å²) < 4.78 is 0. The number of aliphatic hydroxyl groups excluding tert-OH is 1. The molecule has 5 nitrogen and oxygen atoms in total. The van der Waals surface area contributed by atoms with E-state index in [2.05, 4.69) is 5.10 Å². The Hall–Kier alpha value is -2.66. The highest BCUT2D eigenvalue weighted by Gasteiger charge is 2.61. The summed E-state index contributed by atoms with van der Waals surface area (Å²) in [6, 6.07) is 15.4. The monoisotopic (exact) mass is 321 g/mol. The van der Waals surface area contributed by atoms with Gasteiger partial charge in [0.25, 0.3) is 5.91 Å². The standard InChI is InChI=1S/C19H19N3O2/c1-12-9-10-16-15(11-12)18(24)21(3)19(16)17(23)13(2)20-22(19)14-7-5-4-6-8-14/h4-11,17,23H,1-3H3/t17-,19+/m1/s1. The smallest absolute Gasteiger partial charge is 0.256 e. The zero-order chi connectivity index (χ0) is 17.1. The summed E-state index contributed by atoms with van der Waals surface area (Å²) in [6.45, 7) is 3.75. The van der Waals surface area contributed by atoms with Crippen LogP contribution in [0.4, 0.5) is 5.69 Å². The van der Waals surface area contributed by atoms with Crippen molar-refractivity contribution in [2.24, 2.45) is 5.10 Å². The van der Waals surface area contributed by atoms with Crippen molar-refractivity contribution in [3.63, 3.8) is 0 Å². The van der Waals surface area contributed by atoms with Crippen molar-refractivity contribution in [3.05, 3.63) is 65.2 Å². The molecule has 122 valence electrons. The van der Waals surface area contributed by atoms with Crippen molar-refractivity contribution in [3.8, 4) is 0 Å². The maximum absolute atomic E-state index is 12.9. The predicted octanol–water partition coefficient (Wildman–Crippen LogP) is 2.49. The summed E-state index contributed by atoms with van der Waals surface area (Å²) in [5, 5.41) is 17.4. The van der Waals surface area contributed by atoms with Gasteiger partial charge in [-0.1, -0.05) is 35.9 Å². The third-order valence-corrected chi connectivity index (χ3v) is 4.98. The highest BCUT2D eigenvalue weighted by molar-refractivity contribution is 6.04. The maximum atomic E-state index is 12.9. The Bertz CT molecular complexity index is 862. The molecule has 0 saturated carbocycles. The molecular weight excluding hydrogens is 302 g/mol. The molecule has 1 spiro atoms. The number of fused-ring (bicyclic) bond motifs is 2. The molecule has 0 fully saturated rings. The molecule has 2 aromatic rings. The Labute approximate surface area is 140 Å². The van der Waals surface area contributed by atoms with Gasteiger partial charge in [-0.2, -0.15) is 5.10 Å². The number of nitrogens with zero attached hydrogens (tertiary/aromatic N) is 3. The largest absolute Gasteiger partial charge is 0.382 e. The molecule has 2 atom stereocenters. The molecule has 24 heavy (non-hydrogen) atoms. The van der Waals surface area contributed by atoms with Crippen molar-refractivity contribution in [1.29, 1.82) is 0 Å². The Morgan fingerprint density at radius 1 is 1.12 bits per heavy atom. The molecule has 0 unspecified atom stereocenters. The summed E-state index contributed by atoms with van der Waals surface area (Å²) >= 11 is 0. The first-order valence-electron chi connectivity index (χ1n) is 7.95. The van der Waals surface area contributed by atoms with Gasteiger partial charge in [-0.3, -0.25) is 4.79 Å². The molecular formula is C19H19N3O2. The van der Waals surface area contributed by atoms with E-state index in [1.807, 2.05) is 55.5 Å². The average molecular weight is 321 g/mol. The molecule has 2 aliphatic rings. The van der Waals surface area contributed by atoms with Gasteiger partial charge >= 0.3 is 0 Å². The number of hydrazone groups is 1. The SMILES string of the molecule is CC1=NN(c2ccccc2)[C@@]2(c3ccc(C)cc3C(=O)N2C)[C@@H]1O.